The molecule has 0 aliphatic carbocycles. The lowest BCUT2D eigenvalue weighted by molar-refractivity contribution is 0.451. The van der Waals surface area contributed by atoms with Crippen molar-refractivity contribution in [3.8, 4) is 11.6 Å². The topological polar surface area (TPSA) is 35.0 Å². The van der Waals surface area contributed by atoms with Gasteiger partial charge in [-0.2, -0.15) is 4.98 Å². The largest absolute Gasteiger partial charge is 0.437 e. The molecule has 1 aromatic heterocycles. The van der Waals surface area contributed by atoms with Crippen molar-refractivity contribution in [1.82, 2.24) is 9.97 Å². The lowest BCUT2D eigenvalue weighted by Gasteiger charge is -2.13. The Morgan fingerprint density at radius 2 is 1.83 bits per heavy atom. The zero-order valence-corrected chi connectivity index (χ0v) is 12.6. The zero-order chi connectivity index (χ0) is 13.3. The lowest BCUT2D eigenvalue weighted by atomic mass is 10.1. The number of nitrogens with zero attached hydrogens (tertiary/aromatic N) is 2. The van der Waals surface area contributed by atoms with Crippen LogP contribution >= 0.6 is 27.5 Å². The molecule has 0 aliphatic rings. The van der Waals surface area contributed by atoms with E-state index in [4.69, 9.17) is 16.3 Å². The van der Waals surface area contributed by atoms with Crippen LogP contribution in [0.3, 0.4) is 0 Å². The first-order chi connectivity index (χ1) is 8.49. The molecule has 0 spiro atoms. The summed E-state index contributed by atoms with van der Waals surface area (Å²) in [4.78, 5) is 7.94. The third kappa shape index (κ3) is 2.65. The highest BCUT2D eigenvalue weighted by molar-refractivity contribution is 9.10. The number of benzene rings is 1. The Labute approximate surface area is 119 Å². The Balaban J connectivity index is 2.46. The molecule has 0 fully saturated rings. The smallest absolute Gasteiger partial charge is 0.238 e. The van der Waals surface area contributed by atoms with E-state index in [2.05, 4.69) is 32.0 Å². The van der Waals surface area contributed by atoms with E-state index in [1.165, 1.54) is 5.56 Å². The molecule has 1 aromatic carbocycles. The van der Waals surface area contributed by atoms with Crippen LogP contribution in [0, 0.1) is 20.8 Å². The van der Waals surface area contributed by atoms with Crippen LogP contribution in [0.4, 0.5) is 0 Å². The van der Waals surface area contributed by atoms with E-state index in [9.17, 15) is 0 Å². The number of ether oxygens (including phenoxy) is 1. The highest BCUT2D eigenvalue weighted by Crippen LogP contribution is 2.33. The molecular weight excluding hydrogens is 316 g/mol. The molecule has 0 N–H and O–H groups in total. The first-order valence-corrected chi connectivity index (χ1v) is 6.59. The standard InChI is InChI=1S/C13H12BrClN2O/c1-7-4-5-8(2)11(9(7)3)18-12-10(14)6-16-13(15)17-12/h4-6H,1-3H3. The van der Waals surface area contributed by atoms with Gasteiger partial charge < -0.3 is 4.74 Å². The van der Waals surface area contributed by atoms with Crippen LogP contribution < -0.4 is 4.74 Å². The van der Waals surface area contributed by atoms with E-state index in [-0.39, 0.29) is 5.28 Å². The second kappa shape index (κ2) is 5.24. The van der Waals surface area contributed by atoms with Gasteiger partial charge in [-0.15, -0.1) is 0 Å². The Bertz CT molecular complexity index is 602. The Morgan fingerprint density at radius 1 is 1.17 bits per heavy atom. The van der Waals surface area contributed by atoms with Gasteiger partial charge in [-0.3, -0.25) is 0 Å². The van der Waals surface area contributed by atoms with Crippen LogP contribution in [-0.4, -0.2) is 9.97 Å². The third-order valence-electron chi connectivity index (χ3n) is 2.75. The van der Waals surface area contributed by atoms with E-state index in [1.807, 2.05) is 26.8 Å². The Kier molecular flexibility index (Phi) is 3.88. The molecule has 2 rings (SSSR count). The molecule has 0 radical (unpaired) electrons. The number of aromatic nitrogens is 2. The Morgan fingerprint density at radius 3 is 2.56 bits per heavy atom. The van der Waals surface area contributed by atoms with Gasteiger partial charge in [0.05, 0.1) is 4.47 Å². The van der Waals surface area contributed by atoms with Gasteiger partial charge in [0.1, 0.15) is 5.75 Å². The van der Waals surface area contributed by atoms with Gasteiger partial charge in [0.25, 0.3) is 0 Å². The summed E-state index contributed by atoms with van der Waals surface area (Å²) in [5, 5.41) is 0.163. The minimum Gasteiger partial charge on any atom is -0.437 e. The SMILES string of the molecule is Cc1ccc(C)c(Oc2nc(Cl)ncc2Br)c1C. The predicted molar refractivity (Wildman–Crippen MR) is 75.5 cm³/mol. The zero-order valence-electron chi connectivity index (χ0n) is 10.3. The van der Waals surface area contributed by atoms with Crippen molar-refractivity contribution >= 4 is 27.5 Å². The summed E-state index contributed by atoms with van der Waals surface area (Å²) in [6.07, 6.45) is 1.57. The van der Waals surface area contributed by atoms with Gasteiger partial charge in [0.2, 0.25) is 11.2 Å². The predicted octanol–water partition coefficient (Wildman–Crippen LogP) is 4.61. The monoisotopic (exact) mass is 326 g/mol. The highest BCUT2D eigenvalue weighted by Gasteiger charge is 2.11. The summed E-state index contributed by atoms with van der Waals surface area (Å²) >= 11 is 9.12. The van der Waals surface area contributed by atoms with Crippen LogP contribution in [0.1, 0.15) is 16.7 Å². The van der Waals surface area contributed by atoms with Crippen LogP contribution in [-0.2, 0) is 0 Å². The summed E-state index contributed by atoms with van der Waals surface area (Å²) < 4.78 is 6.52. The fourth-order valence-corrected chi connectivity index (χ4v) is 1.98. The van der Waals surface area contributed by atoms with Crippen molar-refractivity contribution in [1.29, 1.82) is 0 Å². The molecular formula is C13H12BrClN2O. The van der Waals surface area contributed by atoms with Gasteiger partial charge in [-0.25, -0.2) is 4.98 Å². The number of hydrogen-bond acceptors (Lipinski definition) is 3. The Hall–Kier alpha value is -1.13. The summed E-state index contributed by atoms with van der Waals surface area (Å²) in [7, 11) is 0. The molecule has 2 aromatic rings. The average molecular weight is 328 g/mol. The fourth-order valence-electron chi connectivity index (χ4n) is 1.58. The molecule has 5 heteroatoms. The summed E-state index contributed by atoms with van der Waals surface area (Å²) in [5.41, 5.74) is 3.32. The summed E-state index contributed by atoms with van der Waals surface area (Å²) in [6.45, 7) is 6.07. The molecule has 1 heterocycles. The van der Waals surface area contributed by atoms with E-state index < -0.39 is 0 Å². The van der Waals surface area contributed by atoms with E-state index in [0.717, 1.165) is 16.9 Å². The number of aryl methyl sites for hydroxylation is 2. The molecule has 0 saturated carbocycles. The first kappa shape index (κ1) is 13.3. The average Bonchev–Trinajstić information content (AvgIpc) is 2.34. The van der Waals surface area contributed by atoms with Crippen molar-refractivity contribution in [2.24, 2.45) is 0 Å². The van der Waals surface area contributed by atoms with Crippen molar-refractivity contribution in [2.75, 3.05) is 0 Å². The van der Waals surface area contributed by atoms with Crippen molar-refractivity contribution in [3.05, 3.63) is 44.8 Å². The fraction of sp³-hybridized carbons (Fsp3) is 0.231. The molecule has 94 valence electrons. The molecule has 0 saturated heterocycles. The van der Waals surface area contributed by atoms with Crippen molar-refractivity contribution in [2.45, 2.75) is 20.8 Å². The molecule has 0 aliphatic heterocycles. The molecule has 0 amide bonds. The molecule has 3 nitrogen and oxygen atoms in total. The second-order valence-corrected chi connectivity index (χ2v) is 5.24. The minimum absolute atomic E-state index is 0.163. The highest BCUT2D eigenvalue weighted by atomic mass is 79.9. The molecule has 0 unspecified atom stereocenters. The van der Waals surface area contributed by atoms with Crippen LogP contribution in [0.15, 0.2) is 22.8 Å². The van der Waals surface area contributed by atoms with Crippen LogP contribution in [0.2, 0.25) is 5.28 Å². The number of rotatable bonds is 2. The minimum atomic E-state index is 0.163. The normalized spacial score (nSPS) is 10.5. The van der Waals surface area contributed by atoms with E-state index in [0.29, 0.717) is 10.4 Å². The van der Waals surface area contributed by atoms with Gasteiger partial charge in [-0.05, 0) is 65.0 Å². The van der Waals surface area contributed by atoms with Crippen molar-refractivity contribution in [3.63, 3.8) is 0 Å². The quantitative estimate of drug-likeness (QED) is 0.756. The van der Waals surface area contributed by atoms with Crippen molar-refractivity contribution < 1.29 is 4.74 Å². The maximum atomic E-state index is 5.85. The van der Waals surface area contributed by atoms with Crippen LogP contribution in [0.5, 0.6) is 11.6 Å². The third-order valence-corrected chi connectivity index (χ3v) is 3.48. The molecule has 0 atom stereocenters. The maximum Gasteiger partial charge on any atom is 0.238 e. The van der Waals surface area contributed by atoms with Gasteiger partial charge in [-0.1, -0.05) is 12.1 Å². The number of hydrogen-bond donors (Lipinski definition) is 0. The van der Waals surface area contributed by atoms with Crippen LogP contribution in [0.25, 0.3) is 0 Å². The molecule has 0 bridgehead atoms. The summed E-state index contributed by atoms with van der Waals surface area (Å²) in [6, 6.07) is 4.09. The van der Waals surface area contributed by atoms with Gasteiger partial charge in [0, 0.05) is 6.20 Å². The lowest BCUT2D eigenvalue weighted by Crippen LogP contribution is -1.97. The molecule has 18 heavy (non-hydrogen) atoms. The number of halogens is 2. The maximum absolute atomic E-state index is 5.85. The van der Waals surface area contributed by atoms with E-state index in [1.54, 1.807) is 6.20 Å². The van der Waals surface area contributed by atoms with Gasteiger partial charge in [0.15, 0.2) is 0 Å². The second-order valence-electron chi connectivity index (χ2n) is 4.05. The van der Waals surface area contributed by atoms with E-state index >= 15 is 0 Å². The van der Waals surface area contributed by atoms with Gasteiger partial charge >= 0.3 is 0 Å². The first-order valence-electron chi connectivity index (χ1n) is 5.41. The summed E-state index contributed by atoms with van der Waals surface area (Å²) in [5.74, 6) is 1.23.